The zero-order valence-electron chi connectivity index (χ0n) is 22.7. The summed E-state index contributed by atoms with van der Waals surface area (Å²) in [5.41, 5.74) is -0.641. The SMILES string of the molecule is CC(C)(C)OC(=O)N1CC(NC(=O)COc2ccc(Cl)c(F)c2)CCC1C(=O)N1Cc2ccc(C(F)(F)F)cc2C1. The number of piperidine rings is 1. The van der Waals surface area contributed by atoms with E-state index in [0.717, 1.165) is 18.2 Å². The van der Waals surface area contributed by atoms with E-state index in [1.165, 1.54) is 28.0 Å². The van der Waals surface area contributed by atoms with E-state index in [-0.39, 0.29) is 36.8 Å². The Morgan fingerprint density at radius 2 is 1.73 bits per heavy atom. The fourth-order valence-electron chi connectivity index (χ4n) is 4.79. The fraction of sp³-hybridized carbons (Fsp3) is 0.464. The van der Waals surface area contributed by atoms with Gasteiger partial charge in [-0.2, -0.15) is 13.2 Å². The first kappa shape index (κ1) is 30.4. The van der Waals surface area contributed by atoms with Gasteiger partial charge >= 0.3 is 12.3 Å². The normalized spacial score (nSPS) is 19.0. The zero-order chi connectivity index (χ0) is 30.1. The molecule has 1 N–H and O–H groups in total. The Hall–Kier alpha value is -3.54. The van der Waals surface area contributed by atoms with E-state index in [1.807, 2.05) is 0 Å². The van der Waals surface area contributed by atoms with Crippen molar-refractivity contribution in [1.29, 1.82) is 0 Å². The third kappa shape index (κ3) is 7.60. The Kier molecular flexibility index (Phi) is 8.72. The molecule has 0 aliphatic carbocycles. The number of nitrogens with zero attached hydrogens (tertiary/aromatic N) is 2. The second-order valence-corrected chi connectivity index (χ2v) is 11.4. The van der Waals surface area contributed by atoms with Gasteiger partial charge in [0.15, 0.2) is 6.61 Å². The number of amides is 3. The van der Waals surface area contributed by atoms with Gasteiger partial charge in [-0.25, -0.2) is 9.18 Å². The minimum absolute atomic E-state index is 0.0143. The molecule has 0 spiro atoms. The van der Waals surface area contributed by atoms with Crippen molar-refractivity contribution in [2.45, 2.75) is 70.6 Å². The molecule has 41 heavy (non-hydrogen) atoms. The van der Waals surface area contributed by atoms with Crippen molar-refractivity contribution in [3.8, 4) is 5.75 Å². The third-order valence-electron chi connectivity index (χ3n) is 6.69. The van der Waals surface area contributed by atoms with Crippen molar-refractivity contribution in [2.75, 3.05) is 13.2 Å². The summed E-state index contributed by atoms with van der Waals surface area (Å²) in [4.78, 5) is 41.9. The largest absolute Gasteiger partial charge is 0.484 e. The number of fused-ring (bicyclic) bond motifs is 1. The number of benzene rings is 2. The predicted octanol–water partition coefficient (Wildman–Crippen LogP) is 5.30. The molecule has 1 saturated heterocycles. The van der Waals surface area contributed by atoms with Crippen LogP contribution in [-0.2, 0) is 33.6 Å². The van der Waals surface area contributed by atoms with Crippen LogP contribution in [0.5, 0.6) is 5.75 Å². The molecule has 13 heteroatoms. The molecule has 0 aromatic heterocycles. The molecule has 2 aliphatic heterocycles. The van der Waals surface area contributed by atoms with Crippen molar-refractivity contribution in [2.24, 2.45) is 0 Å². The van der Waals surface area contributed by atoms with Crippen LogP contribution in [-0.4, -0.2) is 58.5 Å². The number of rotatable bonds is 5. The van der Waals surface area contributed by atoms with E-state index in [1.54, 1.807) is 20.8 Å². The van der Waals surface area contributed by atoms with Gasteiger partial charge in [0.25, 0.3) is 5.91 Å². The highest BCUT2D eigenvalue weighted by molar-refractivity contribution is 6.30. The molecule has 0 bridgehead atoms. The van der Waals surface area contributed by atoms with E-state index in [0.29, 0.717) is 17.5 Å². The lowest BCUT2D eigenvalue weighted by Crippen LogP contribution is -2.59. The van der Waals surface area contributed by atoms with Gasteiger partial charge in [-0.05, 0) is 69.0 Å². The molecule has 1 fully saturated rings. The van der Waals surface area contributed by atoms with Gasteiger partial charge in [-0.15, -0.1) is 0 Å². The summed E-state index contributed by atoms with van der Waals surface area (Å²) < 4.78 is 64.0. The van der Waals surface area contributed by atoms with Crippen LogP contribution in [0.2, 0.25) is 5.02 Å². The second-order valence-electron chi connectivity index (χ2n) is 11.0. The van der Waals surface area contributed by atoms with Crippen LogP contribution in [0.3, 0.4) is 0 Å². The lowest BCUT2D eigenvalue weighted by molar-refractivity contribution is -0.139. The number of carbonyl (C=O) groups is 3. The van der Waals surface area contributed by atoms with E-state index in [2.05, 4.69) is 5.32 Å². The molecule has 3 amide bonds. The van der Waals surface area contributed by atoms with Gasteiger partial charge in [0.05, 0.1) is 10.6 Å². The summed E-state index contributed by atoms with van der Waals surface area (Å²) in [5, 5.41) is 2.68. The van der Waals surface area contributed by atoms with Crippen molar-refractivity contribution in [1.82, 2.24) is 15.1 Å². The molecule has 0 radical (unpaired) electrons. The maximum Gasteiger partial charge on any atom is 0.416 e. The zero-order valence-corrected chi connectivity index (χ0v) is 23.4. The van der Waals surface area contributed by atoms with Crippen LogP contribution >= 0.6 is 11.6 Å². The smallest absolute Gasteiger partial charge is 0.416 e. The van der Waals surface area contributed by atoms with Crippen LogP contribution in [0.15, 0.2) is 36.4 Å². The summed E-state index contributed by atoms with van der Waals surface area (Å²) in [6.45, 7) is 4.68. The average molecular weight is 600 g/mol. The van der Waals surface area contributed by atoms with Crippen LogP contribution < -0.4 is 10.1 Å². The maximum absolute atomic E-state index is 13.6. The number of likely N-dealkylation sites (tertiary alicyclic amines) is 1. The molecule has 2 atom stereocenters. The Morgan fingerprint density at radius 1 is 1.02 bits per heavy atom. The molecule has 2 aliphatic rings. The molecule has 8 nitrogen and oxygen atoms in total. The van der Waals surface area contributed by atoms with Gasteiger partial charge in [0, 0.05) is 31.7 Å². The number of ether oxygens (including phenoxy) is 2. The summed E-state index contributed by atoms with van der Waals surface area (Å²) in [6, 6.07) is 5.70. The summed E-state index contributed by atoms with van der Waals surface area (Å²) in [6.07, 6.45) is -4.72. The van der Waals surface area contributed by atoms with Crippen LogP contribution in [0.4, 0.5) is 22.4 Å². The molecular weight excluding hydrogens is 570 g/mol. The monoisotopic (exact) mass is 599 g/mol. The number of nitrogens with one attached hydrogen (secondary N) is 1. The molecule has 2 unspecified atom stereocenters. The number of hydrogen-bond donors (Lipinski definition) is 1. The maximum atomic E-state index is 13.6. The van der Waals surface area contributed by atoms with Gasteiger partial charge in [-0.1, -0.05) is 17.7 Å². The van der Waals surface area contributed by atoms with E-state index < -0.39 is 59.8 Å². The second kappa shape index (κ2) is 11.8. The minimum atomic E-state index is -4.50. The van der Waals surface area contributed by atoms with Gasteiger partial charge < -0.3 is 19.7 Å². The molecular formula is C28H30ClF4N3O5. The lowest BCUT2D eigenvalue weighted by atomic mass is 9.97. The summed E-state index contributed by atoms with van der Waals surface area (Å²) >= 11 is 5.65. The highest BCUT2D eigenvalue weighted by atomic mass is 35.5. The van der Waals surface area contributed by atoms with Crippen LogP contribution in [0, 0.1) is 5.82 Å². The number of carbonyl (C=O) groups excluding carboxylic acids is 3. The lowest BCUT2D eigenvalue weighted by Gasteiger charge is -2.40. The number of halogens is 5. The molecule has 0 saturated carbocycles. The first-order chi connectivity index (χ1) is 19.1. The van der Waals surface area contributed by atoms with E-state index >= 15 is 0 Å². The van der Waals surface area contributed by atoms with Crippen LogP contribution in [0.1, 0.15) is 50.3 Å². The average Bonchev–Trinajstić information content (AvgIpc) is 3.31. The Labute approximate surface area is 239 Å². The molecule has 4 rings (SSSR count). The fourth-order valence-corrected chi connectivity index (χ4v) is 4.91. The quantitative estimate of drug-likeness (QED) is 0.471. The minimum Gasteiger partial charge on any atom is -0.484 e. The Morgan fingerprint density at radius 3 is 2.39 bits per heavy atom. The van der Waals surface area contributed by atoms with Crippen molar-refractivity contribution in [3.05, 3.63) is 63.9 Å². The van der Waals surface area contributed by atoms with Gasteiger partial charge in [-0.3, -0.25) is 14.5 Å². The first-order valence-electron chi connectivity index (χ1n) is 13.0. The van der Waals surface area contributed by atoms with Gasteiger partial charge in [0.1, 0.15) is 23.2 Å². The van der Waals surface area contributed by atoms with E-state index in [9.17, 15) is 31.9 Å². The molecule has 2 aromatic rings. The van der Waals surface area contributed by atoms with Crippen molar-refractivity contribution >= 4 is 29.5 Å². The van der Waals surface area contributed by atoms with Crippen molar-refractivity contribution < 1.29 is 41.4 Å². The van der Waals surface area contributed by atoms with E-state index in [4.69, 9.17) is 21.1 Å². The first-order valence-corrected chi connectivity index (χ1v) is 13.3. The van der Waals surface area contributed by atoms with Crippen molar-refractivity contribution in [3.63, 3.8) is 0 Å². The number of alkyl halides is 3. The Bertz CT molecular complexity index is 1330. The molecule has 2 heterocycles. The molecule has 222 valence electrons. The summed E-state index contributed by atoms with van der Waals surface area (Å²) in [7, 11) is 0. The molecule has 2 aromatic carbocycles. The van der Waals surface area contributed by atoms with Gasteiger partial charge in [0.2, 0.25) is 5.91 Å². The summed E-state index contributed by atoms with van der Waals surface area (Å²) in [5.74, 6) is -1.52. The highest BCUT2D eigenvalue weighted by Gasteiger charge is 2.42. The predicted molar refractivity (Wildman–Crippen MR) is 140 cm³/mol. The van der Waals surface area contributed by atoms with Crippen LogP contribution in [0.25, 0.3) is 0 Å². The Balaban J connectivity index is 1.42. The standard InChI is InChI=1S/C28H30ClF4N3O5/c1-27(2,3)41-26(39)36-14-19(34-24(37)15-40-20-7-8-21(29)22(30)11-20)6-9-23(36)25(38)35-12-16-4-5-18(28(31,32)33)10-17(16)13-35/h4-5,7-8,10-11,19,23H,6,9,12-15H2,1-3H3,(H,34,37). The highest BCUT2D eigenvalue weighted by Crippen LogP contribution is 2.34. The number of hydrogen-bond acceptors (Lipinski definition) is 5. The third-order valence-corrected chi connectivity index (χ3v) is 7.00. The topological polar surface area (TPSA) is 88.2 Å².